The third-order valence-electron chi connectivity index (χ3n) is 2.88. The number of hydrogen-bond acceptors (Lipinski definition) is 3. The summed E-state index contributed by atoms with van der Waals surface area (Å²) in [5.41, 5.74) is 9.06. The molecule has 102 valence electrons. The largest absolute Gasteiger partial charge is 0.493 e. The Hall–Kier alpha value is -1.24. The lowest BCUT2D eigenvalue weighted by Gasteiger charge is -2.11. The topological polar surface area (TPSA) is 63.9 Å². The van der Waals surface area contributed by atoms with Crippen molar-refractivity contribution in [3.63, 3.8) is 0 Å². The molecule has 0 aliphatic rings. The van der Waals surface area contributed by atoms with Crippen molar-refractivity contribution >= 4 is 28.4 Å². The lowest BCUT2D eigenvalue weighted by atomic mass is 10.0. The van der Waals surface area contributed by atoms with Gasteiger partial charge in [-0.1, -0.05) is 19.4 Å². The van der Waals surface area contributed by atoms with Gasteiger partial charge in [-0.3, -0.25) is 5.10 Å². The smallest absolute Gasteiger partial charge is 0.159 e. The molecule has 2 aromatic rings. The van der Waals surface area contributed by atoms with E-state index in [1.54, 1.807) is 0 Å². The SMILES string of the molecule is CCCc1ccc(OCC)c(-c2[nH]nc(N)c2I)c1. The van der Waals surface area contributed by atoms with Crippen molar-refractivity contribution in [1.29, 1.82) is 0 Å². The summed E-state index contributed by atoms with van der Waals surface area (Å²) in [6, 6.07) is 6.30. The Kier molecular flexibility index (Phi) is 4.68. The molecule has 0 saturated heterocycles. The number of rotatable bonds is 5. The lowest BCUT2D eigenvalue weighted by Crippen LogP contribution is -1.96. The predicted octanol–water partition coefficient (Wildman–Crippen LogP) is 3.61. The maximum absolute atomic E-state index is 5.81. The Balaban J connectivity index is 2.51. The molecule has 5 heteroatoms. The minimum atomic E-state index is 0.527. The summed E-state index contributed by atoms with van der Waals surface area (Å²) >= 11 is 2.21. The molecule has 19 heavy (non-hydrogen) atoms. The molecule has 0 amide bonds. The molecule has 3 N–H and O–H groups in total. The van der Waals surface area contributed by atoms with Gasteiger partial charge in [0.1, 0.15) is 5.75 Å². The summed E-state index contributed by atoms with van der Waals surface area (Å²) in [4.78, 5) is 0. The summed E-state index contributed by atoms with van der Waals surface area (Å²) in [6.07, 6.45) is 2.18. The summed E-state index contributed by atoms with van der Waals surface area (Å²) < 4.78 is 6.63. The van der Waals surface area contributed by atoms with E-state index >= 15 is 0 Å². The first kappa shape index (κ1) is 14.2. The van der Waals surface area contributed by atoms with E-state index in [2.05, 4.69) is 51.8 Å². The number of aromatic nitrogens is 2. The zero-order chi connectivity index (χ0) is 13.8. The van der Waals surface area contributed by atoms with Crippen LogP contribution in [0, 0.1) is 3.57 Å². The summed E-state index contributed by atoms with van der Waals surface area (Å²) in [7, 11) is 0. The number of anilines is 1. The maximum atomic E-state index is 5.81. The minimum absolute atomic E-state index is 0.527. The Morgan fingerprint density at radius 2 is 2.16 bits per heavy atom. The monoisotopic (exact) mass is 371 g/mol. The second-order valence-electron chi connectivity index (χ2n) is 4.31. The maximum Gasteiger partial charge on any atom is 0.159 e. The number of nitrogen functional groups attached to an aromatic ring is 1. The van der Waals surface area contributed by atoms with Crippen molar-refractivity contribution in [2.24, 2.45) is 0 Å². The van der Waals surface area contributed by atoms with E-state index in [1.165, 1.54) is 5.56 Å². The molecular formula is C14H18IN3O. The molecule has 0 atom stereocenters. The van der Waals surface area contributed by atoms with Gasteiger partial charge in [-0.25, -0.2) is 0 Å². The first-order valence-corrected chi connectivity index (χ1v) is 7.50. The van der Waals surface area contributed by atoms with E-state index in [4.69, 9.17) is 10.5 Å². The fourth-order valence-electron chi connectivity index (χ4n) is 2.02. The van der Waals surface area contributed by atoms with Crippen LogP contribution in [0.15, 0.2) is 18.2 Å². The summed E-state index contributed by atoms with van der Waals surface area (Å²) in [6.45, 7) is 4.80. The van der Waals surface area contributed by atoms with Crippen LogP contribution in [0.5, 0.6) is 5.75 Å². The predicted molar refractivity (Wildman–Crippen MR) is 86.3 cm³/mol. The molecule has 1 aromatic carbocycles. The van der Waals surface area contributed by atoms with Gasteiger partial charge in [0.05, 0.1) is 15.9 Å². The number of H-pyrrole nitrogens is 1. The molecule has 0 aliphatic heterocycles. The van der Waals surface area contributed by atoms with Crippen LogP contribution in [-0.2, 0) is 6.42 Å². The molecule has 1 aromatic heterocycles. The van der Waals surface area contributed by atoms with Gasteiger partial charge in [0, 0.05) is 5.56 Å². The lowest BCUT2D eigenvalue weighted by molar-refractivity contribution is 0.341. The number of nitrogens with two attached hydrogens (primary N) is 1. The molecule has 1 heterocycles. The zero-order valence-corrected chi connectivity index (χ0v) is 13.3. The Morgan fingerprint density at radius 1 is 1.37 bits per heavy atom. The van der Waals surface area contributed by atoms with Crippen molar-refractivity contribution in [3.8, 4) is 17.0 Å². The van der Waals surface area contributed by atoms with Gasteiger partial charge in [0.25, 0.3) is 0 Å². The molecule has 0 saturated carbocycles. The Labute approximate surface area is 126 Å². The van der Waals surface area contributed by atoms with Crippen LogP contribution in [0.1, 0.15) is 25.8 Å². The quantitative estimate of drug-likeness (QED) is 0.790. The first-order valence-electron chi connectivity index (χ1n) is 6.42. The first-order chi connectivity index (χ1) is 9.17. The number of aryl methyl sites for hydroxylation is 1. The highest BCUT2D eigenvalue weighted by Crippen LogP contribution is 2.34. The molecule has 0 unspecified atom stereocenters. The van der Waals surface area contributed by atoms with E-state index in [-0.39, 0.29) is 0 Å². The van der Waals surface area contributed by atoms with Crippen LogP contribution in [0.4, 0.5) is 5.82 Å². The van der Waals surface area contributed by atoms with Crippen LogP contribution >= 0.6 is 22.6 Å². The number of halogens is 1. The highest BCUT2D eigenvalue weighted by Gasteiger charge is 2.15. The van der Waals surface area contributed by atoms with Crippen molar-refractivity contribution in [3.05, 3.63) is 27.3 Å². The van der Waals surface area contributed by atoms with E-state index in [0.717, 1.165) is 33.4 Å². The summed E-state index contributed by atoms with van der Waals surface area (Å²) in [5, 5.41) is 7.05. The fraction of sp³-hybridized carbons (Fsp3) is 0.357. The minimum Gasteiger partial charge on any atom is -0.493 e. The van der Waals surface area contributed by atoms with Gasteiger partial charge in [-0.05, 0) is 53.6 Å². The molecule has 0 spiro atoms. The number of benzene rings is 1. The second kappa shape index (κ2) is 6.27. The molecule has 0 fully saturated rings. The average Bonchev–Trinajstić information content (AvgIpc) is 2.73. The van der Waals surface area contributed by atoms with Crippen LogP contribution in [0.2, 0.25) is 0 Å². The number of aromatic amines is 1. The normalized spacial score (nSPS) is 10.7. The molecular weight excluding hydrogens is 353 g/mol. The zero-order valence-electron chi connectivity index (χ0n) is 11.2. The van der Waals surface area contributed by atoms with Crippen molar-refractivity contribution in [1.82, 2.24) is 10.2 Å². The average molecular weight is 371 g/mol. The van der Waals surface area contributed by atoms with E-state index in [1.807, 2.05) is 13.0 Å². The third kappa shape index (κ3) is 3.02. The second-order valence-corrected chi connectivity index (χ2v) is 5.39. The Bertz CT molecular complexity index is 566. The van der Waals surface area contributed by atoms with Crippen molar-refractivity contribution in [2.75, 3.05) is 12.3 Å². The third-order valence-corrected chi connectivity index (χ3v) is 3.98. The number of ether oxygens (including phenoxy) is 1. The van der Waals surface area contributed by atoms with Crippen molar-refractivity contribution in [2.45, 2.75) is 26.7 Å². The molecule has 4 nitrogen and oxygen atoms in total. The van der Waals surface area contributed by atoms with E-state index in [9.17, 15) is 0 Å². The van der Waals surface area contributed by atoms with Gasteiger partial charge in [0.2, 0.25) is 0 Å². The highest BCUT2D eigenvalue weighted by molar-refractivity contribution is 14.1. The van der Waals surface area contributed by atoms with Crippen molar-refractivity contribution < 1.29 is 4.74 Å². The molecule has 0 aliphatic carbocycles. The van der Waals surface area contributed by atoms with Crippen LogP contribution in [0.25, 0.3) is 11.3 Å². The molecule has 2 rings (SSSR count). The Morgan fingerprint density at radius 3 is 2.74 bits per heavy atom. The standard InChI is InChI=1S/C14H18IN3O/c1-3-5-9-6-7-11(19-4-2)10(8-9)13-12(15)14(16)18-17-13/h6-8H,3-5H2,1-2H3,(H3,16,17,18). The van der Waals surface area contributed by atoms with Crippen LogP contribution < -0.4 is 10.5 Å². The van der Waals surface area contributed by atoms with E-state index < -0.39 is 0 Å². The van der Waals surface area contributed by atoms with E-state index in [0.29, 0.717) is 12.4 Å². The number of hydrogen-bond donors (Lipinski definition) is 2. The molecule has 0 bridgehead atoms. The number of nitrogens with zero attached hydrogens (tertiary/aromatic N) is 1. The van der Waals surface area contributed by atoms with Gasteiger partial charge in [-0.15, -0.1) is 0 Å². The fourth-order valence-corrected chi connectivity index (χ4v) is 2.55. The van der Waals surface area contributed by atoms with Gasteiger partial charge in [-0.2, -0.15) is 5.10 Å². The van der Waals surface area contributed by atoms with Gasteiger partial charge < -0.3 is 10.5 Å². The highest BCUT2D eigenvalue weighted by atomic mass is 127. The van der Waals surface area contributed by atoms with Crippen LogP contribution in [-0.4, -0.2) is 16.8 Å². The summed E-state index contributed by atoms with van der Waals surface area (Å²) in [5.74, 6) is 1.39. The number of nitrogens with one attached hydrogen (secondary N) is 1. The van der Waals surface area contributed by atoms with Gasteiger partial charge in [0.15, 0.2) is 5.82 Å². The van der Waals surface area contributed by atoms with Gasteiger partial charge >= 0.3 is 0 Å². The molecule has 0 radical (unpaired) electrons. The van der Waals surface area contributed by atoms with Crippen LogP contribution in [0.3, 0.4) is 0 Å².